The summed E-state index contributed by atoms with van der Waals surface area (Å²) in [6.07, 6.45) is 1.05. The predicted octanol–water partition coefficient (Wildman–Crippen LogP) is 4.13. The van der Waals surface area contributed by atoms with Crippen LogP contribution in [-0.2, 0) is 0 Å². The normalized spacial score (nSPS) is 12.1. The molecule has 4 amide bonds. The molecule has 21 heavy (non-hydrogen) atoms. The summed E-state index contributed by atoms with van der Waals surface area (Å²) in [4.78, 5) is 22.6. The molecule has 0 bridgehead atoms. The summed E-state index contributed by atoms with van der Waals surface area (Å²) in [5.74, 6) is 0.746. The van der Waals surface area contributed by atoms with Crippen LogP contribution in [0.1, 0.15) is 31.7 Å². The second-order valence-electron chi connectivity index (χ2n) is 4.48. The van der Waals surface area contributed by atoms with Crippen LogP contribution in [0.4, 0.5) is 15.3 Å². The van der Waals surface area contributed by atoms with E-state index in [0.29, 0.717) is 11.6 Å². The van der Waals surface area contributed by atoms with Crippen LogP contribution in [0.5, 0.6) is 0 Å². The van der Waals surface area contributed by atoms with Gasteiger partial charge in [0.1, 0.15) is 0 Å². The summed E-state index contributed by atoms with van der Waals surface area (Å²) in [7, 11) is 0. The second-order valence-corrected chi connectivity index (χ2v) is 4.86. The summed E-state index contributed by atoms with van der Waals surface area (Å²) in [5, 5.41) is 11.4. The summed E-state index contributed by atoms with van der Waals surface area (Å²) in [6, 6.07) is 6.10. The van der Waals surface area contributed by atoms with E-state index in [-0.39, 0.29) is 12.4 Å². The van der Waals surface area contributed by atoms with Crippen molar-refractivity contribution >= 4 is 29.4 Å². The lowest BCUT2D eigenvalue weighted by Gasteiger charge is -2.09. The van der Waals surface area contributed by atoms with E-state index >= 15 is 0 Å². The molecule has 6 nitrogen and oxygen atoms in total. The average molecular weight is 311 g/mol. The van der Waals surface area contributed by atoms with Crippen LogP contribution in [0.25, 0.3) is 0 Å². The number of anilines is 1. The molecular weight excluding hydrogens is 292 g/mol. The largest absolute Gasteiger partial charge is 0.364 e. The first-order valence-corrected chi connectivity index (χ1v) is 7.26. The minimum Gasteiger partial charge on any atom is -0.334 e. The van der Waals surface area contributed by atoms with E-state index < -0.39 is 12.1 Å². The Hall–Kier alpha value is -1.95. The molecule has 1 rings (SSSR count). The molecule has 0 aromatic heterocycles. The van der Waals surface area contributed by atoms with Gasteiger partial charge < -0.3 is 10.6 Å². The molecule has 0 saturated heterocycles. The Kier molecular flexibility index (Phi) is 7.39. The van der Waals surface area contributed by atoms with E-state index in [1.54, 1.807) is 12.1 Å². The zero-order chi connectivity index (χ0) is 15.7. The molecule has 1 aromatic rings. The van der Waals surface area contributed by atoms with Crippen molar-refractivity contribution < 1.29 is 9.59 Å². The van der Waals surface area contributed by atoms with Crippen LogP contribution >= 0.6 is 11.6 Å². The van der Waals surface area contributed by atoms with Crippen LogP contribution in [0.15, 0.2) is 34.5 Å². The van der Waals surface area contributed by atoms with Gasteiger partial charge in [-0.1, -0.05) is 36.2 Å². The lowest BCUT2D eigenvalue weighted by molar-refractivity contribution is 0.245. The Labute approximate surface area is 129 Å². The fourth-order valence-corrected chi connectivity index (χ4v) is 1.65. The van der Waals surface area contributed by atoms with Gasteiger partial charge in [-0.2, -0.15) is 0 Å². The molecule has 0 aliphatic carbocycles. The maximum absolute atomic E-state index is 11.5. The highest BCUT2D eigenvalue weighted by Gasteiger charge is 2.05. The third kappa shape index (κ3) is 6.35. The van der Waals surface area contributed by atoms with E-state index in [0.717, 1.165) is 6.42 Å². The van der Waals surface area contributed by atoms with Gasteiger partial charge in [0, 0.05) is 18.1 Å². The topological polar surface area (TPSA) is 82.9 Å². The number of urea groups is 2. The number of hydrogen-bond acceptors (Lipinski definition) is 2. The average Bonchev–Trinajstić information content (AvgIpc) is 2.50. The fraction of sp³-hybridized carbons (Fsp3) is 0.429. The number of carbonyl (C=O) groups excluding carboxylic acids is 2. The zero-order valence-corrected chi connectivity index (χ0v) is 12.9. The number of benzene rings is 1. The first-order valence-electron chi connectivity index (χ1n) is 6.73. The highest BCUT2D eigenvalue weighted by Crippen LogP contribution is 2.20. The van der Waals surface area contributed by atoms with Crippen LogP contribution < -0.4 is 10.6 Å². The van der Waals surface area contributed by atoms with E-state index in [1.165, 1.54) is 5.56 Å². The van der Waals surface area contributed by atoms with E-state index in [9.17, 15) is 9.59 Å². The molecular formula is C14H19ClN4O2. The van der Waals surface area contributed by atoms with Gasteiger partial charge in [-0.3, -0.25) is 0 Å². The Bertz CT molecular complexity index is 502. The van der Waals surface area contributed by atoms with Gasteiger partial charge in [-0.25, -0.2) is 9.59 Å². The number of halogens is 1. The molecule has 0 aliphatic rings. The van der Waals surface area contributed by atoms with E-state index in [2.05, 4.69) is 34.7 Å². The Balaban J connectivity index is 2.51. The third-order valence-corrected chi connectivity index (χ3v) is 3.13. The van der Waals surface area contributed by atoms with Crippen molar-refractivity contribution in [1.29, 1.82) is 0 Å². The molecule has 2 N–H and O–H groups in total. The molecule has 0 fully saturated rings. The van der Waals surface area contributed by atoms with Crippen molar-refractivity contribution in [3.63, 3.8) is 0 Å². The molecule has 0 spiro atoms. The molecule has 114 valence electrons. The van der Waals surface area contributed by atoms with E-state index in [4.69, 9.17) is 11.6 Å². The van der Waals surface area contributed by atoms with Gasteiger partial charge in [0.2, 0.25) is 0 Å². The molecule has 1 unspecified atom stereocenters. The molecule has 7 heteroatoms. The highest BCUT2D eigenvalue weighted by molar-refractivity contribution is 6.18. The fourth-order valence-electron chi connectivity index (χ4n) is 1.56. The van der Waals surface area contributed by atoms with Crippen molar-refractivity contribution in [3.8, 4) is 0 Å². The number of rotatable bonds is 5. The SMILES string of the molecule is CCC(C)c1ccc(NC(=O)/N=N/C(=O)NCCCl)cc1. The summed E-state index contributed by atoms with van der Waals surface area (Å²) >= 11 is 5.39. The first kappa shape index (κ1) is 17.1. The smallest absolute Gasteiger partial charge is 0.334 e. The number of nitrogens with one attached hydrogen (secondary N) is 2. The van der Waals surface area contributed by atoms with Crippen molar-refractivity contribution in [2.45, 2.75) is 26.2 Å². The summed E-state index contributed by atoms with van der Waals surface area (Å²) < 4.78 is 0. The van der Waals surface area contributed by atoms with Gasteiger partial charge in [0.15, 0.2) is 0 Å². The van der Waals surface area contributed by atoms with Crippen LogP contribution in [0.2, 0.25) is 0 Å². The standard InChI is InChI=1S/C14H19ClN4O2/c1-3-10(2)11-4-6-12(7-5-11)17-14(21)19-18-13(20)16-9-8-15/h4-7,10H,3,8-9H2,1-2H3,(H,16,20)(H,17,21)/b19-18+. The molecule has 1 aromatic carbocycles. The molecule has 1 atom stereocenters. The summed E-state index contributed by atoms with van der Waals surface area (Å²) in [6.45, 7) is 4.54. The van der Waals surface area contributed by atoms with E-state index in [1.807, 2.05) is 12.1 Å². The number of carbonyl (C=O) groups is 2. The van der Waals surface area contributed by atoms with Crippen molar-refractivity contribution in [2.75, 3.05) is 17.7 Å². The Morgan fingerprint density at radius 3 is 2.38 bits per heavy atom. The predicted molar refractivity (Wildman–Crippen MR) is 83.1 cm³/mol. The van der Waals surface area contributed by atoms with Crippen LogP contribution in [0.3, 0.4) is 0 Å². The summed E-state index contributed by atoms with van der Waals surface area (Å²) in [5.41, 5.74) is 1.81. The van der Waals surface area contributed by atoms with Gasteiger partial charge in [-0.05, 0) is 30.0 Å². The van der Waals surface area contributed by atoms with Crippen molar-refractivity contribution in [2.24, 2.45) is 10.2 Å². The lowest BCUT2D eigenvalue weighted by Crippen LogP contribution is -2.21. The minimum atomic E-state index is -0.702. The maximum atomic E-state index is 11.5. The molecule has 0 saturated carbocycles. The number of amides is 4. The lowest BCUT2D eigenvalue weighted by atomic mass is 9.99. The number of hydrogen-bond donors (Lipinski definition) is 2. The van der Waals surface area contributed by atoms with Crippen LogP contribution in [-0.4, -0.2) is 24.5 Å². The van der Waals surface area contributed by atoms with Gasteiger partial charge in [0.25, 0.3) is 0 Å². The Morgan fingerprint density at radius 2 is 1.81 bits per heavy atom. The monoisotopic (exact) mass is 310 g/mol. The maximum Gasteiger partial charge on any atom is 0.364 e. The number of azo groups is 1. The van der Waals surface area contributed by atoms with Gasteiger partial charge >= 0.3 is 12.1 Å². The quantitative estimate of drug-likeness (QED) is 0.633. The van der Waals surface area contributed by atoms with Gasteiger partial charge in [-0.15, -0.1) is 11.6 Å². The highest BCUT2D eigenvalue weighted by atomic mass is 35.5. The number of alkyl halides is 1. The van der Waals surface area contributed by atoms with Gasteiger partial charge in [0.05, 0.1) is 0 Å². The zero-order valence-electron chi connectivity index (χ0n) is 12.1. The van der Waals surface area contributed by atoms with Crippen LogP contribution in [0, 0.1) is 0 Å². The Morgan fingerprint density at radius 1 is 1.19 bits per heavy atom. The second kappa shape index (κ2) is 9.07. The minimum absolute atomic E-state index is 0.274. The first-order chi connectivity index (χ1) is 10.1. The van der Waals surface area contributed by atoms with Crippen molar-refractivity contribution in [3.05, 3.63) is 29.8 Å². The molecule has 0 aliphatic heterocycles. The molecule has 0 heterocycles. The number of nitrogens with zero attached hydrogens (tertiary/aromatic N) is 2. The molecule has 0 radical (unpaired) electrons. The van der Waals surface area contributed by atoms with Crippen molar-refractivity contribution in [1.82, 2.24) is 5.32 Å². The third-order valence-electron chi connectivity index (χ3n) is 2.95.